The van der Waals surface area contributed by atoms with E-state index >= 15 is 0 Å². The van der Waals surface area contributed by atoms with Gasteiger partial charge in [0.15, 0.2) is 5.69 Å². The molecule has 0 bridgehead atoms. The van der Waals surface area contributed by atoms with Crippen molar-refractivity contribution in [2.24, 2.45) is 0 Å². The number of ether oxygens (including phenoxy) is 3. The van der Waals surface area contributed by atoms with Crippen LogP contribution in [0.3, 0.4) is 0 Å². The number of benzene rings is 3. The fourth-order valence-electron chi connectivity index (χ4n) is 5.73. The van der Waals surface area contributed by atoms with Crippen LogP contribution in [0, 0.1) is 6.92 Å². The van der Waals surface area contributed by atoms with Crippen molar-refractivity contribution in [3.63, 3.8) is 0 Å². The van der Waals surface area contributed by atoms with Gasteiger partial charge in [-0.3, -0.25) is 14.3 Å². The molecule has 44 heavy (non-hydrogen) atoms. The summed E-state index contributed by atoms with van der Waals surface area (Å²) in [4.78, 5) is 39.4. The number of methoxy groups -OCH3 is 1. The Morgan fingerprint density at radius 3 is 2.05 bits per heavy atom. The quantitative estimate of drug-likeness (QED) is 0.202. The molecule has 0 saturated carbocycles. The van der Waals surface area contributed by atoms with E-state index in [-0.39, 0.29) is 12.3 Å². The summed E-state index contributed by atoms with van der Waals surface area (Å²) in [7, 11) is 1.27. The van der Waals surface area contributed by atoms with Gasteiger partial charge in [-0.2, -0.15) is 0 Å². The monoisotopic (exact) mass is 593 g/mol. The lowest BCUT2D eigenvalue weighted by Crippen LogP contribution is -2.37. The van der Waals surface area contributed by atoms with E-state index in [4.69, 9.17) is 14.2 Å². The Balaban J connectivity index is 1.43. The van der Waals surface area contributed by atoms with Gasteiger partial charge in [-0.25, -0.2) is 14.3 Å². The van der Waals surface area contributed by atoms with Crippen molar-refractivity contribution in [2.75, 3.05) is 13.7 Å². The molecule has 0 amide bonds. The fourth-order valence-corrected chi connectivity index (χ4v) is 5.73. The van der Waals surface area contributed by atoms with Gasteiger partial charge >= 0.3 is 11.7 Å². The molecule has 6 rings (SSSR count). The number of aromatic nitrogens is 5. The first-order valence-corrected chi connectivity index (χ1v) is 14.2. The molecule has 1 aliphatic rings. The molecule has 1 aliphatic heterocycles. The van der Waals surface area contributed by atoms with E-state index in [1.54, 1.807) is 11.6 Å². The molecular formula is C33H31N5O6. The summed E-state index contributed by atoms with van der Waals surface area (Å²) < 4.78 is 21.3. The number of rotatable bonds is 9. The number of hydrogen-bond acceptors (Lipinski definition) is 8. The van der Waals surface area contributed by atoms with E-state index in [0.29, 0.717) is 12.0 Å². The van der Waals surface area contributed by atoms with Crippen LogP contribution in [-0.2, 0) is 19.8 Å². The van der Waals surface area contributed by atoms with E-state index in [2.05, 4.69) is 15.3 Å². The predicted molar refractivity (Wildman–Crippen MR) is 160 cm³/mol. The average Bonchev–Trinajstić information content (AvgIpc) is 3.72. The maximum absolute atomic E-state index is 12.8. The van der Waals surface area contributed by atoms with E-state index in [9.17, 15) is 14.4 Å². The lowest BCUT2D eigenvalue weighted by Gasteiger charge is -2.37. The second-order valence-electron chi connectivity index (χ2n) is 10.6. The van der Waals surface area contributed by atoms with E-state index in [1.807, 2.05) is 91.0 Å². The number of nitrogens with zero attached hydrogens (tertiary/aromatic N) is 4. The highest BCUT2D eigenvalue weighted by molar-refractivity contribution is 5.86. The number of nitrogens with one attached hydrogen (secondary N) is 1. The number of esters is 1. The molecule has 11 heteroatoms. The molecule has 0 spiro atoms. The fraction of sp³-hybridized carbons (Fsp3) is 0.242. The molecule has 5 aromatic rings. The molecule has 3 heterocycles. The first-order chi connectivity index (χ1) is 21.4. The van der Waals surface area contributed by atoms with Gasteiger partial charge < -0.3 is 14.2 Å². The topological polar surface area (TPSA) is 130 Å². The average molecular weight is 594 g/mol. The zero-order chi connectivity index (χ0) is 30.7. The molecule has 1 fully saturated rings. The van der Waals surface area contributed by atoms with Crippen LogP contribution in [-0.4, -0.2) is 50.3 Å². The number of hydrogen-bond donors (Lipinski definition) is 1. The van der Waals surface area contributed by atoms with E-state index in [0.717, 1.165) is 16.7 Å². The molecule has 0 radical (unpaired) electrons. The molecule has 0 unspecified atom stereocenters. The van der Waals surface area contributed by atoms with Crippen molar-refractivity contribution >= 4 is 5.97 Å². The van der Waals surface area contributed by atoms with Crippen LogP contribution in [0.15, 0.2) is 113 Å². The second kappa shape index (κ2) is 12.2. The van der Waals surface area contributed by atoms with Gasteiger partial charge in [0.25, 0.3) is 5.56 Å². The second-order valence-corrected chi connectivity index (χ2v) is 10.6. The van der Waals surface area contributed by atoms with Crippen LogP contribution in [0.5, 0.6) is 0 Å². The molecule has 11 nitrogen and oxygen atoms in total. The summed E-state index contributed by atoms with van der Waals surface area (Å²) in [6.07, 6.45) is 1.88. The van der Waals surface area contributed by atoms with Gasteiger partial charge in [-0.05, 0) is 23.6 Å². The summed E-state index contributed by atoms with van der Waals surface area (Å²) in [5.41, 5.74) is 1.11. The molecule has 0 aliphatic carbocycles. The van der Waals surface area contributed by atoms with Gasteiger partial charge in [0.1, 0.15) is 17.9 Å². The highest BCUT2D eigenvalue weighted by Crippen LogP contribution is 2.43. The van der Waals surface area contributed by atoms with Crippen molar-refractivity contribution in [2.45, 2.75) is 37.3 Å². The number of carbonyl (C=O) groups is 1. The van der Waals surface area contributed by atoms with Crippen LogP contribution in [0.2, 0.25) is 0 Å². The standard InChI is InChI=1S/C33H31N5O6/c1-22-19-37(32(41)34-30(22)39)29-18-27(38-20-26(35-36-38)31(40)42-2)28(44-29)21-43-33(23-12-6-3-7-13-23,24-14-8-4-9-15-24)25-16-10-5-11-17-25/h3-17,19-20,27-29H,18,21H2,1-2H3,(H,34,39,41)/t27-,28+,29+/m0/s1. The highest BCUT2D eigenvalue weighted by atomic mass is 16.6. The minimum absolute atomic E-state index is 0.0416. The molecule has 2 aromatic heterocycles. The summed E-state index contributed by atoms with van der Waals surface area (Å²) in [6, 6.07) is 29.4. The third-order valence-corrected chi connectivity index (χ3v) is 7.91. The molecule has 3 atom stereocenters. The van der Waals surface area contributed by atoms with E-state index < -0.39 is 41.2 Å². The number of aryl methyl sites for hydroxylation is 1. The van der Waals surface area contributed by atoms with Crippen molar-refractivity contribution in [3.8, 4) is 0 Å². The molecule has 224 valence electrons. The van der Waals surface area contributed by atoms with Gasteiger partial charge in [0.05, 0.1) is 26.0 Å². The lowest BCUT2D eigenvalue weighted by atomic mass is 9.80. The predicted octanol–water partition coefficient (Wildman–Crippen LogP) is 3.76. The Labute approximate surface area is 252 Å². The van der Waals surface area contributed by atoms with Crippen LogP contribution in [0.25, 0.3) is 0 Å². The van der Waals surface area contributed by atoms with Gasteiger partial charge in [0, 0.05) is 18.2 Å². The normalized spacial score (nSPS) is 18.3. The smallest absolute Gasteiger partial charge is 0.360 e. The summed E-state index contributed by atoms with van der Waals surface area (Å²) >= 11 is 0. The number of H-pyrrole nitrogens is 1. The Morgan fingerprint density at radius 2 is 1.50 bits per heavy atom. The maximum Gasteiger partial charge on any atom is 0.360 e. The van der Waals surface area contributed by atoms with Crippen molar-refractivity contribution in [1.29, 1.82) is 0 Å². The maximum atomic E-state index is 12.8. The van der Waals surface area contributed by atoms with E-state index in [1.165, 1.54) is 24.1 Å². The Hall–Kier alpha value is -5.13. The Morgan fingerprint density at radius 1 is 0.932 bits per heavy atom. The zero-order valence-corrected chi connectivity index (χ0v) is 24.2. The van der Waals surface area contributed by atoms with Crippen molar-refractivity contribution in [3.05, 3.63) is 152 Å². The van der Waals surface area contributed by atoms with Crippen LogP contribution in [0.1, 0.15) is 51.4 Å². The molecule has 3 aromatic carbocycles. The molecule has 1 N–H and O–H groups in total. The van der Waals surface area contributed by atoms with Crippen LogP contribution < -0.4 is 11.2 Å². The minimum atomic E-state index is -1.01. The number of aromatic amines is 1. The minimum Gasteiger partial charge on any atom is -0.464 e. The SMILES string of the molecule is COC(=O)c1cn([C@H]2C[C@H](n3cc(C)c(=O)[nH]c3=O)O[C@@H]2COC(c2ccccc2)(c2ccccc2)c2ccccc2)nn1. The number of carbonyl (C=O) groups excluding carboxylic acids is 1. The molecule has 1 saturated heterocycles. The summed E-state index contributed by atoms with van der Waals surface area (Å²) in [5, 5.41) is 8.19. The van der Waals surface area contributed by atoms with Crippen molar-refractivity contribution < 1.29 is 19.0 Å². The lowest BCUT2D eigenvalue weighted by molar-refractivity contribution is -0.0843. The van der Waals surface area contributed by atoms with Gasteiger partial charge in [-0.1, -0.05) is 96.2 Å². The van der Waals surface area contributed by atoms with Crippen LogP contribution >= 0.6 is 0 Å². The third kappa shape index (κ3) is 5.38. The van der Waals surface area contributed by atoms with Crippen LogP contribution in [0.4, 0.5) is 0 Å². The highest BCUT2D eigenvalue weighted by Gasteiger charge is 2.43. The third-order valence-electron chi connectivity index (χ3n) is 7.91. The Bertz CT molecular complexity index is 1760. The first-order valence-electron chi connectivity index (χ1n) is 14.2. The van der Waals surface area contributed by atoms with Crippen molar-refractivity contribution in [1.82, 2.24) is 24.5 Å². The van der Waals surface area contributed by atoms with Gasteiger partial charge in [-0.15, -0.1) is 5.10 Å². The first kappa shape index (κ1) is 29.0. The Kier molecular flexibility index (Phi) is 8.05. The summed E-state index contributed by atoms with van der Waals surface area (Å²) in [6.45, 7) is 1.69. The molecular weight excluding hydrogens is 562 g/mol. The zero-order valence-electron chi connectivity index (χ0n) is 24.2. The van der Waals surface area contributed by atoms with Gasteiger partial charge in [0.2, 0.25) is 0 Å². The largest absolute Gasteiger partial charge is 0.464 e. The summed E-state index contributed by atoms with van der Waals surface area (Å²) in [5.74, 6) is -0.622.